The normalized spacial score (nSPS) is 26.5. The molecule has 8 heteroatoms. The smallest absolute Gasteiger partial charge is 0.303 e. The molecule has 2 aliphatic heterocycles. The summed E-state index contributed by atoms with van der Waals surface area (Å²) in [6.07, 6.45) is 9.23. The van der Waals surface area contributed by atoms with Crippen molar-refractivity contribution >= 4 is 35.1 Å². The SMILES string of the molecule is C[C@H]1CN(Cc2c(Cl)cccc2Cl)C(C(=O)NC2CCN(CC3=CCCCC3)CC2)[C@H]1CC(=O)O. The largest absolute Gasteiger partial charge is 0.481 e. The lowest BCUT2D eigenvalue weighted by Crippen LogP contribution is -2.52. The van der Waals surface area contributed by atoms with Crippen molar-refractivity contribution in [2.24, 2.45) is 11.8 Å². The quantitative estimate of drug-likeness (QED) is 0.471. The van der Waals surface area contributed by atoms with Gasteiger partial charge in [0.2, 0.25) is 5.91 Å². The molecule has 1 aromatic carbocycles. The molecule has 1 amide bonds. The number of allylic oxidation sites excluding steroid dienone is 1. The highest BCUT2D eigenvalue weighted by Crippen LogP contribution is 2.36. The average molecular weight is 523 g/mol. The number of aliphatic carboxylic acids is 1. The highest BCUT2D eigenvalue weighted by molar-refractivity contribution is 6.35. The van der Waals surface area contributed by atoms with Gasteiger partial charge in [0.25, 0.3) is 0 Å². The van der Waals surface area contributed by atoms with E-state index < -0.39 is 12.0 Å². The van der Waals surface area contributed by atoms with Crippen molar-refractivity contribution in [3.63, 3.8) is 0 Å². The Kier molecular flexibility index (Phi) is 9.14. The maximum absolute atomic E-state index is 13.6. The van der Waals surface area contributed by atoms with Crippen LogP contribution in [0.1, 0.15) is 57.4 Å². The van der Waals surface area contributed by atoms with Crippen LogP contribution in [-0.4, -0.2) is 65.0 Å². The minimum atomic E-state index is -0.873. The van der Waals surface area contributed by atoms with E-state index in [1.807, 2.05) is 6.92 Å². The molecule has 3 aliphatic rings. The van der Waals surface area contributed by atoms with Crippen LogP contribution in [0.3, 0.4) is 0 Å². The number of likely N-dealkylation sites (tertiary alicyclic amines) is 2. The van der Waals surface area contributed by atoms with E-state index >= 15 is 0 Å². The Morgan fingerprint density at radius 2 is 1.83 bits per heavy atom. The summed E-state index contributed by atoms with van der Waals surface area (Å²) in [5.74, 6) is -1.12. The number of benzene rings is 1. The van der Waals surface area contributed by atoms with E-state index in [2.05, 4.69) is 21.2 Å². The number of amides is 1. The first-order valence-corrected chi connectivity index (χ1v) is 13.7. The van der Waals surface area contributed by atoms with Crippen LogP contribution >= 0.6 is 23.2 Å². The molecule has 1 unspecified atom stereocenters. The zero-order valence-corrected chi connectivity index (χ0v) is 22.0. The number of carbonyl (C=O) groups is 2. The van der Waals surface area contributed by atoms with Gasteiger partial charge in [-0.15, -0.1) is 0 Å². The van der Waals surface area contributed by atoms with Gasteiger partial charge in [-0.2, -0.15) is 0 Å². The van der Waals surface area contributed by atoms with Crippen molar-refractivity contribution in [1.82, 2.24) is 15.1 Å². The van der Waals surface area contributed by atoms with Gasteiger partial charge in [-0.1, -0.05) is 47.8 Å². The molecule has 35 heavy (non-hydrogen) atoms. The van der Waals surface area contributed by atoms with Crippen molar-refractivity contribution in [2.45, 2.75) is 70.5 Å². The summed E-state index contributed by atoms with van der Waals surface area (Å²) in [5, 5.41) is 13.9. The third-order valence-electron chi connectivity index (χ3n) is 7.90. The summed E-state index contributed by atoms with van der Waals surface area (Å²) in [5.41, 5.74) is 2.34. The molecule has 2 fully saturated rings. The monoisotopic (exact) mass is 521 g/mol. The molecule has 0 bridgehead atoms. The number of rotatable bonds is 8. The number of halogens is 2. The molecule has 0 saturated carbocycles. The molecule has 2 saturated heterocycles. The summed E-state index contributed by atoms with van der Waals surface area (Å²) < 4.78 is 0. The maximum Gasteiger partial charge on any atom is 0.303 e. The van der Waals surface area contributed by atoms with Crippen LogP contribution in [-0.2, 0) is 16.1 Å². The summed E-state index contributed by atoms with van der Waals surface area (Å²) >= 11 is 12.8. The van der Waals surface area contributed by atoms with E-state index in [0.717, 1.165) is 38.0 Å². The summed E-state index contributed by atoms with van der Waals surface area (Å²) in [6, 6.07) is 4.99. The number of nitrogens with zero attached hydrogens (tertiary/aromatic N) is 2. The number of carbonyl (C=O) groups excluding carboxylic acids is 1. The average Bonchev–Trinajstić information content (AvgIpc) is 3.12. The standard InChI is InChI=1S/C27H37Cl2N3O3/c1-18-15-32(17-22-23(28)8-5-9-24(22)29)26(21(18)14-25(33)34)27(35)30-20-10-12-31(13-11-20)16-19-6-3-2-4-7-19/h5-6,8-9,18,20-21,26H,2-4,7,10-17H2,1H3,(H,30,35)(H,33,34)/t18-,21-,26?/m0/s1. The summed E-state index contributed by atoms with van der Waals surface area (Å²) in [7, 11) is 0. The Labute approximate surface area is 218 Å². The van der Waals surface area contributed by atoms with Gasteiger partial charge in [-0.05, 0) is 62.5 Å². The molecule has 6 nitrogen and oxygen atoms in total. The molecule has 1 aromatic rings. The highest BCUT2D eigenvalue weighted by Gasteiger charge is 2.45. The molecule has 0 radical (unpaired) electrons. The van der Waals surface area contributed by atoms with E-state index in [4.69, 9.17) is 23.2 Å². The van der Waals surface area contributed by atoms with E-state index in [9.17, 15) is 14.7 Å². The molecule has 1 aliphatic carbocycles. The van der Waals surface area contributed by atoms with E-state index in [0.29, 0.717) is 23.1 Å². The minimum Gasteiger partial charge on any atom is -0.481 e. The Bertz CT molecular complexity index is 925. The second-order valence-corrected chi connectivity index (χ2v) is 11.3. The predicted molar refractivity (Wildman–Crippen MR) is 140 cm³/mol. The van der Waals surface area contributed by atoms with Crippen LogP contribution in [0.5, 0.6) is 0 Å². The zero-order chi connectivity index (χ0) is 24.9. The van der Waals surface area contributed by atoms with Crippen molar-refractivity contribution in [1.29, 1.82) is 0 Å². The maximum atomic E-state index is 13.6. The van der Waals surface area contributed by atoms with Gasteiger partial charge in [-0.3, -0.25) is 19.4 Å². The summed E-state index contributed by atoms with van der Waals surface area (Å²) in [4.78, 5) is 29.8. The Morgan fingerprint density at radius 1 is 1.11 bits per heavy atom. The molecule has 2 heterocycles. The van der Waals surface area contributed by atoms with E-state index in [-0.39, 0.29) is 30.2 Å². The van der Waals surface area contributed by atoms with Gasteiger partial charge >= 0.3 is 5.97 Å². The Balaban J connectivity index is 1.40. The van der Waals surface area contributed by atoms with Crippen LogP contribution in [0.25, 0.3) is 0 Å². The van der Waals surface area contributed by atoms with Crippen molar-refractivity contribution < 1.29 is 14.7 Å². The second-order valence-electron chi connectivity index (χ2n) is 10.5. The Hall–Kier alpha value is -1.60. The zero-order valence-electron chi connectivity index (χ0n) is 20.5. The minimum absolute atomic E-state index is 0.0282. The van der Waals surface area contributed by atoms with Crippen LogP contribution in [0.15, 0.2) is 29.8 Å². The number of carboxylic acid groups (broad SMARTS) is 1. The van der Waals surface area contributed by atoms with Crippen LogP contribution < -0.4 is 5.32 Å². The lowest BCUT2D eigenvalue weighted by Gasteiger charge is -2.35. The fourth-order valence-electron chi connectivity index (χ4n) is 5.98. The van der Waals surface area contributed by atoms with Gasteiger partial charge in [0.05, 0.1) is 12.5 Å². The van der Waals surface area contributed by atoms with E-state index in [1.54, 1.807) is 23.8 Å². The van der Waals surface area contributed by atoms with Crippen LogP contribution in [0, 0.1) is 11.8 Å². The van der Waals surface area contributed by atoms with Gasteiger partial charge in [0, 0.05) is 54.4 Å². The van der Waals surface area contributed by atoms with Crippen molar-refractivity contribution in [3.8, 4) is 0 Å². The van der Waals surface area contributed by atoms with E-state index in [1.165, 1.54) is 25.7 Å². The molecule has 3 atom stereocenters. The van der Waals surface area contributed by atoms with Gasteiger partial charge in [0.1, 0.15) is 0 Å². The van der Waals surface area contributed by atoms with Crippen LogP contribution in [0.4, 0.5) is 0 Å². The third-order valence-corrected chi connectivity index (χ3v) is 8.61. The lowest BCUT2D eigenvalue weighted by atomic mass is 9.88. The highest BCUT2D eigenvalue weighted by atomic mass is 35.5. The number of piperidine rings is 1. The third kappa shape index (κ3) is 6.79. The molecule has 0 aromatic heterocycles. The molecule has 4 rings (SSSR count). The van der Waals surface area contributed by atoms with Gasteiger partial charge < -0.3 is 10.4 Å². The van der Waals surface area contributed by atoms with Crippen molar-refractivity contribution in [2.75, 3.05) is 26.2 Å². The summed E-state index contributed by atoms with van der Waals surface area (Å²) in [6.45, 7) is 6.08. The fraction of sp³-hybridized carbons (Fsp3) is 0.630. The van der Waals surface area contributed by atoms with Gasteiger partial charge in [-0.25, -0.2) is 0 Å². The number of hydrogen-bond donors (Lipinski definition) is 2. The van der Waals surface area contributed by atoms with Gasteiger partial charge in [0.15, 0.2) is 0 Å². The van der Waals surface area contributed by atoms with Crippen LogP contribution in [0.2, 0.25) is 10.0 Å². The molecular weight excluding hydrogens is 485 g/mol. The number of nitrogens with one attached hydrogen (secondary N) is 1. The predicted octanol–water partition coefficient (Wildman–Crippen LogP) is 4.99. The molecular formula is C27H37Cl2N3O3. The molecule has 0 spiro atoms. The van der Waals surface area contributed by atoms with Crippen molar-refractivity contribution in [3.05, 3.63) is 45.5 Å². The first-order valence-electron chi connectivity index (χ1n) is 12.9. The molecule has 192 valence electrons. The second kappa shape index (κ2) is 12.1. The number of hydrogen-bond acceptors (Lipinski definition) is 4. The topological polar surface area (TPSA) is 72.9 Å². The fourth-order valence-corrected chi connectivity index (χ4v) is 6.50. The molecule has 2 N–H and O–H groups in total. The number of carboxylic acids is 1. The lowest BCUT2D eigenvalue weighted by molar-refractivity contribution is -0.139. The Morgan fingerprint density at radius 3 is 2.46 bits per heavy atom. The first-order chi connectivity index (χ1) is 16.8. The first kappa shape index (κ1) is 26.5.